The predicted molar refractivity (Wildman–Crippen MR) is 85.9 cm³/mol. The number of para-hydroxylation sites is 1. The SMILES string of the molecule is CC1(C)CC1C(=O)N1CCN(S(C)(=O)=O)c2ccccc2C1. The van der Waals surface area contributed by atoms with E-state index in [1.54, 1.807) is 0 Å². The lowest BCUT2D eigenvalue weighted by molar-refractivity contribution is -0.133. The van der Waals surface area contributed by atoms with Crippen molar-refractivity contribution >= 4 is 21.6 Å². The molecule has 22 heavy (non-hydrogen) atoms. The second-order valence-corrected chi connectivity index (χ2v) is 8.88. The van der Waals surface area contributed by atoms with Crippen LogP contribution in [0.25, 0.3) is 0 Å². The molecule has 1 fully saturated rings. The molecule has 0 bridgehead atoms. The van der Waals surface area contributed by atoms with Gasteiger partial charge in [-0.25, -0.2) is 8.42 Å². The van der Waals surface area contributed by atoms with Crippen molar-refractivity contribution in [3.63, 3.8) is 0 Å². The number of amides is 1. The summed E-state index contributed by atoms with van der Waals surface area (Å²) in [5.41, 5.74) is 1.66. The predicted octanol–water partition coefficient (Wildman–Crippen LogP) is 1.84. The Hall–Kier alpha value is -1.56. The molecule has 120 valence electrons. The smallest absolute Gasteiger partial charge is 0.232 e. The van der Waals surface area contributed by atoms with Gasteiger partial charge in [0.15, 0.2) is 0 Å². The van der Waals surface area contributed by atoms with Crippen LogP contribution in [0.5, 0.6) is 0 Å². The second kappa shape index (κ2) is 4.98. The van der Waals surface area contributed by atoms with Gasteiger partial charge in [-0.05, 0) is 23.5 Å². The first-order valence-electron chi connectivity index (χ1n) is 7.54. The lowest BCUT2D eigenvalue weighted by Gasteiger charge is -2.23. The first-order valence-corrected chi connectivity index (χ1v) is 9.39. The molecule has 0 spiro atoms. The number of fused-ring (bicyclic) bond motifs is 1. The Morgan fingerprint density at radius 3 is 2.45 bits per heavy atom. The molecule has 1 aliphatic heterocycles. The molecule has 1 heterocycles. The van der Waals surface area contributed by atoms with Crippen LogP contribution >= 0.6 is 0 Å². The summed E-state index contributed by atoms with van der Waals surface area (Å²) in [4.78, 5) is 14.5. The fourth-order valence-electron chi connectivity index (χ4n) is 3.15. The lowest BCUT2D eigenvalue weighted by atomic mass is 10.1. The number of sulfonamides is 1. The zero-order valence-corrected chi connectivity index (χ0v) is 14.1. The molecule has 1 aromatic rings. The Balaban J connectivity index is 1.91. The van der Waals surface area contributed by atoms with Gasteiger partial charge in [-0.3, -0.25) is 9.10 Å². The number of hydrogen-bond donors (Lipinski definition) is 0. The summed E-state index contributed by atoms with van der Waals surface area (Å²) in [5.74, 6) is 0.222. The van der Waals surface area contributed by atoms with Crippen molar-refractivity contribution < 1.29 is 13.2 Å². The van der Waals surface area contributed by atoms with Gasteiger partial charge in [-0.1, -0.05) is 32.0 Å². The second-order valence-electron chi connectivity index (χ2n) is 6.97. The molecule has 2 aliphatic rings. The van der Waals surface area contributed by atoms with Crippen LogP contribution in [0.1, 0.15) is 25.8 Å². The van der Waals surface area contributed by atoms with Crippen molar-refractivity contribution in [2.75, 3.05) is 23.7 Å². The van der Waals surface area contributed by atoms with E-state index in [9.17, 15) is 13.2 Å². The number of rotatable bonds is 2. The van der Waals surface area contributed by atoms with Crippen LogP contribution in [0, 0.1) is 11.3 Å². The van der Waals surface area contributed by atoms with Crippen molar-refractivity contribution in [3.05, 3.63) is 29.8 Å². The Morgan fingerprint density at radius 1 is 1.23 bits per heavy atom. The molecule has 1 aromatic carbocycles. The van der Waals surface area contributed by atoms with Gasteiger partial charge < -0.3 is 4.90 Å². The van der Waals surface area contributed by atoms with Gasteiger partial charge in [0, 0.05) is 19.0 Å². The van der Waals surface area contributed by atoms with E-state index in [4.69, 9.17) is 0 Å². The fraction of sp³-hybridized carbons (Fsp3) is 0.562. The van der Waals surface area contributed by atoms with Gasteiger partial charge in [0.25, 0.3) is 0 Å². The molecule has 1 aliphatic carbocycles. The largest absolute Gasteiger partial charge is 0.336 e. The molecular weight excluding hydrogens is 300 g/mol. The molecule has 1 atom stereocenters. The van der Waals surface area contributed by atoms with Gasteiger partial charge in [-0.15, -0.1) is 0 Å². The van der Waals surface area contributed by atoms with E-state index >= 15 is 0 Å². The summed E-state index contributed by atoms with van der Waals surface area (Å²) in [5, 5.41) is 0. The third kappa shape index (κ3) is 2.72. The Kier molecular flexibility index (Phi) is 3.47. The molecular formula is C16H22N2O3S. The van der Waals surface area contributed by atoms with Crippen LogP contribution in [-0.2, 0) is 21.4 Å². The molecule has 0 N–H and O–H groups in total. The van der Waals surface area contributed by atoms with Crippen LogP contribution in [-0.4, -0.2) is 38.6 Å². The maximum Gasteiger partial charge on any atom is 0.232 e. The first kappa shape index (κ1) is 15.3. The summed E-state index contributed by atoms with van der Waals surface area (Å²) in [7, 11) is -3.34. The molecule has 1 saturated carbocycles. The van der Waals surface area contributed by atoms with E-state index < -0.39 is 10.0 Å². The van der Waals surface area contributed by atoms with Gasteiger partial charge >= 0.3 is 0 Å². The molecule has 0 saturated heterocycles. The number of nitrogens with zero attached hydrogens (tertiary/aromatic N) is 2. The highest BCUT2D eigenvalue weighted by atomic mass is 32.2. The van der Waals surface area contributed by atoms with Crippen molar-refractivity contribution in [1.82, 2.24) is 4.90 Å². The van der Waals surface area contributed by atoms with E-state index in [-0.39, 0.29) is 17.2 Å². The number of benzene rings is 1. The van der Waals surface area contributed by atoms with Gasteiger partial charge in [-0.2, -0.15) is 0 Å². The Bertz CT molecular complexity index is 712. The summed E-state index contributed by atoms with van der Waals surface area (Å²) in [6.07, 6.45) is 2.13. The topological polar surface area (TPSA) is 57.7 Å². The van der Waals surface area contributed by atoms with Crippen LogP contribution in [0.15, 0.2) is 24.3 Å². The summed E-state index contributed by atoms with van der Waals surface area (Å²) < 4.78 is 25.5. The molecule has 5 nitrogen and oxygen atoms in total. The summed E-state index contributed by atoms with van der Waals surface area (Å²) >= 11 is 0. The van der Waals surface area contributed by atoms with E-state index in [1.807, 2.05) is 29.2 Å². The molecule has 0 radical (unpaired) electrons. The van der Waals surface area contributed by atoms with Crippen LogP contribution in [0.3, 0.4) is 0 Å². The van der Waals surface area contributed by atoms with Gasteiger partial charge in [0.1, 0.15) is 0 Å². The van der Waals surface area contributed by atoms with Gasteiger partial charge in [0.2, 0.25) is 15.9 Å². The van der Waals surface area contributed by atoms with E-state index in [1.165, 1.54) is 10.6 Å². The van der Waals surface area contributed by atoms with E-state index in [0.29, 0.717) is 25.3 Å². The number of hydrogen-bond acceptors (Lipinski definition) is 3. The zero-order valence-electron chi connectivity index (χ0n) is 13.2. The number of anilines is 1. The fourth-order valence-corrected chi connectivity index (χ4v) is 4.09. The molecule has 3 rings (SSSR count). The average molecular weight is 322 g/mol. The first-order chi connectivity index (χ1) is 10.2. The normalized spacial score (nSPS) is 23.7. The third-order valence-electron chi connectivity index (χ3n) is 4.72. The number of carbonyl (C=O) groups excluding carboxylic acids is 1. The van der Waals surface area contributed by atoms with Crippen molar-refractivity contribution in [3.8, 4) is 0 Å². The van der Waals surface area contributed by atoms with Crippen LogP contribution in [0.2, 0.25) is 0 Å². The zero-order chi connectivity index (χ0) is 16.1. The number of carbonyl (C=O) groups is 1. The maximum atomic E-state index is 12.7. The standard InChI is InChI=1S/C16H22N2O3S/c1-16(2)10-13(16)15(19)17-8-9-18(22(3,20)21)14-7-5-4-6-12(14)11-17/h4-7,13H,8-11H2,1-3H3. The van der Waals surface area contributed by atoms with Crippen molar-refractivity contribution in [2.45, 2.75) is 26.8 Å². The molecule has 0 aromatic heterocycles. The van der Waals surface area contributed by atoms with Crippen LogP contribution in [0.4, 0.5) is 5.69 Å². The quantitative estimate of drug-likeness (QED) is 0.835. The Labute approximate surface area is 132 Å². The highest BCUT2D eigenvalue weighted by Crippen LogP contribution is 2.52. The molecule has 1 unspecified atom stereocenters. The summed E-state index contributed by atoms with van der Waals surface area (Å²) in [6, 6.07) is 7.43. The highest BCUT2D eigenvalue weighted by Gasteiger charge is 2.52. The molecule has 6 heteroatoms. The molecule has 1 amide bonds. The van der Waals surface area contributed by atoms with E-state index in [0.717, 1.165) is 12.0 Å². The van der Waals surface area contributed by atoms with Crippen LogP contribution < -0.4 is 4.31 Å². The Morgan fingerprint density at radius 2 is 1.86 bits per heavy atom. The average Bonchev–Trinajstić information content (AvgIpc) is 3.10. The third-order valence-corrected chi connectivity index (χ3v) is 5.90. The minimum Gasteiger partial charge on any atom is -0.336 e. The maximum absolute atomic E-state index is 12.7. The highest BCUT2D eigenvalue weighted by molar-refractivity contribution is 7.92. The van der Waals surface area contributed by atoms with Gasteiger partial charge in [0.05, 0.1) is 18.5 Å². The van der Waals surface area contributed by atoms with E-state index in [2.05, 4.69) is 13.8 Å². The summed E-state index contributed by atoms with van der Waals surface area (Å²) in [6.45, 7) is 5.43. The monoisotopic (exact) mass is 322 g/mol. The van der Waals surface area contributed by atoms with Crippen molar-refractivity contribution in [2.24, 2.45) is 11.3 Å². The lowest BCUT2D eigenvalue weighted by Crippen LogP contribution is -2.38. The van der Waals surface area contributed by atoms with Crippen molar-refractivity contribution in [1.29, 1.82) is 0 Å². The minimum absolute atomic E-state index is 0.0736. The minimum atomic E-state index is -3.34.